The van der Waals surface area contributed by atoms with E-state index in [1.54, 1.807) is 17.4 Å². The average Bonchev–Trinajstić information content (AvgIpc) is 2.79. The monoisotopic (exact) mass is 328 g/mol. The van der Waals surface area contributed by atoms with Gasteiger partial charge >= 0.3 is 0 Å². The smallest absolute Gasteiger partial charge is 0.124 e. The molecular formula is C16H9BrOS. The largest absolute Gasteiger partial charge is 0.507 e. The lowest BCUT2D eigenvalue weighted by atomic mass is 10.1. The highest BCUT2D eigenvalue weighted by molar-refractivity contribution is 9.10. The van der Waals surface area contributed by atoms with E-state index in [0.29, 0.717) is 5.75 Å². The molecule has 0 saturated heterocycles. The highest BCUT2D eigenvalue weighted by Gasteiger charge is 2.12. The Morgan fingerprint density at radius 2 is 1.63 bits per heavy atom. The SMILES string of the molecule is Oc1cccc2ccc3c4cccc(Br)c4sc3c12. The van der Waals surface area contributed by atoms with Crippen LogP contribution >= 0.6 is 27.3 Å². The molecule has 1 heterocycles. The maximum Gasteiger partial charge on any atom is 0.124 e. The summed E-state index contributed by atoms with van der Waals surface area (Å²) in [5.74, 6) is 0.353. The second kappa shape index (κ2) is 3.95. The molecule has 4 rings (SSSR count). The Labute approximate surface area is 122 Å². The molecule has 3 heteroatoms. The number of thiophene rings is 1. The lowest BCUT2D eigenvalue weighted by Crippen LogP contribution is -1.74. The van der Waals surface area contributed by atoms with Gasteiger partial charge in [-0.1, -0.05) is 36.4 Å². The van der Waals surface area contributed by atoms with Gasteiger partial charge < -0.3 is 5.11 Å². The van der Waals surface area contributed by atoms with Gasteiger partial charge in [-0.05, 0) is 33.4 Å². The third-order valence-corrected chi connectivity index (χ3v) is 5.63. The summed E-state index contributed by atoms with van der Waals surface area (Å²) in [4.78, 5) is 0. The zero-order valence-corrected chi connectivity index (χ0v) is 12.3. The summed E-state index contributed by atoms with van der Waals surface area (Å²) in [6.07, 6.45) is 0. The van der Waals surface area contributed by atoms with E-state index in [-0.39, 0.29) is 0 Å². The van der Waals surface area contributed by atoms with E-state index in [1.807, 2.05) is 18.2 Å². The third-order valence-electron chi connectivity index (χ3n) is 3.44. The highest BCUT2D eigenvalue weighted by atomic mass is 79.9. The number of phenolic OH excluding ortho intramolecular Hbond substituents is 1. The lowest BCUT2D eigenvalue weighted by Gasteiger charge is -2.01. The Morgan fingerprint density at radius 1 is 0.842 bits per heavy atom. The van der Waals surface area contributed by atoms with Crippen LogP contribution in [0.2, 0.25) is 0 Å². The number of aromatic hydroxyl groups is 1. The first-order valence-electron chi connectivity index (χ1n) is 5.97. The fraction of sp³-hybridized carbons (Fsp3) is 0. The van der Waals surface area contributed by atoms with Crippen LogP contribution in [0, 0.1) is 0 Å². The zero-order chi connectivity index (χ0) is 13.0. The molecule has 0 atom stereocenters. The number of rotatable bonds is 0. The van der Waals surface area contributed by atoms with Gasteiger partial charge in [-0.15, -0.1) is 11.3 Å². The molecule has 0 aliphatic heterocycles. The molecule has 0 aliphatic rings. The molecule has 0 radical (unpaired) electrons. The molecule has 3 aromatic carbocycles. The minimum atomic E-state index is 0.353. The number of hydrogen-bond donors (Lipinski definition) is 1. The first-order valence-corrected chi connectivity index (χ1v) is 7.58. The molecule has 0 fully saturated rings. The van der Waals surface area contributed by atoms with E-state index >= 15 is 0 Å². The molecule has 0 bridgehead atoms. The quantitative estimate of drug-likeness (QED) is 0.440. The summed E-state index contributed by atoms with van der Waals surface area (Å²) < 4.78 is 3.49. The molecule has 0 spiro atoms. The average molecular weight is 329 g/mol. The minimum absolute atomic E-state index is 0.353. The van der Waals surface area contributed by atoms with Crippen molar-refractivity contribution < 1.29 is 5.11 Å². The van der Waals surface area contributed by atoms with Crippen LogP contribution in [0.15, 0.2) is 53.0 Å². The van der Waals surface area contributed by atoms with Gasteiger partial charge in [0.25, 0.3) is 0 Å². The van der Waals surface area contributed by atoms with Crippen LogP contribution in [0.3, 0.4) is 0 Å². The van der Waals surface area contributed by atoms with E-state index in [9.17, 15) is 5.11 Å². The Balaban J connectivity index is 2.35. The second-order valence-electron chi connectivity index (χ2n) is 4.54. The van der Waals surface area contributed by atoms with Crippen LogP contribution in [-0.2, 0) is 0 Å². The van der Waals surface area contributed by atoms with Crippen LogP contribution in [0.5, 0.6) is 5.75 Å². The highest BCUT2D eigenvalue weighted by Crippen LogP contribution is 2.43. The van der Waals surface area contributed by atoms with Crippen molar-refractivity contribution in [2.24, 2.45) is 0 Å². The van der Waals surface area contributed by atoms with Crippen LogP contribution < -0.4 is 0 Å². The van der Waals surface area contributed by atoms with Gasteiger partial charge in [0, 0.05) is 30.0 Å². The number of benzene rings is 3. The van der Waals surface area contributed by atoms with Crippen LogP contribution in [0.1, 0.15) is 0 Å². The van der Waals surface area contributed by atoms with Crippen LogP contribution in [0.4, 0.5) is 0 Å². The van der Waals surface area contributed by atoms with Crippen molar-refractivity contribution >= 4 is 58.2 Å². The summed E-state index contributed by atoms with van der Waals surface area (Å²) in [6.45, 7) is 0. The molecule has 0 unspecified atom stereocenters. The van der Waals surface area contributed by atoms with Gasteiger partial charge in [0.05, 0.1) is 0 Å². The summed E-state index contributed by atoms with van der Waals surface area (Å²) in [6, 6.07) is 16.1. The fourth-order valence-corrected chi connectivity index (χ4v) is 4.45. The summed E-state index contributed by atoms with van der Waals surface area (Å²) in [5, 5.41) is 14.6. The molecule has 4 aromatic rings. The number of halogens is 1. The standard InChI is InChI=1S/C16H9BrOS/c17-12-5-2-4-10-11-8-7-9-3-1-6-13(18)14(9)16(11)19-15(10)12/h1-8,18H. The molecule has 1 nitrogen and oxygen atoms in total. The molecule has 19 heavy (non-hydrogen) atoms. The van der Waals surface area contributed by atoms with Gasteiger partial charge in [-0.3, -0.25) is 0 Å². The maximum atomic E-state index is 10.2. The molecule has 92 valence electrons. The predicted octanol–water partition coefficient (Wildman–Crippen LogP) is 5.68. The molecule has 1 aromatic heterocycles. The van der Waals surface area contributed by atoms with Gasteiger partial charge in [0.2, 0.25) is 0 Å². The normalized spacial score (nSPS) is 11.6. The van der Waals surface area contributed by atoms with Gasteiger partial charge in [0.1, 0.15) is 5.75 Å². The third kappa shape index (κ3) is 1.52. The Hall–Kier alpha value is -1.58. The van der Waals surface area contributed by atoms with Crippen molar-refractivity contribution in [3.8, 4) is 5.75 Å². The van der Waals surface area contributed by atoms with E-state index < -0.39 is 0 Å². The Morgan fingerprint density at radius 3 is 2.53 bits per heavy atom. The predicted molar refractivity (Wildman–Crippen MR) is 86.2 cm³/mol. The first kappa shape index (κ1) is 11.3. The molecule has 0 aliphatic carbocycles. The second-order valence-corrected chi connectivity index (χ2v) is 6.41. The minimum Gasteiger partial charge on any atom is -0.507 e. The van der Waals surface area contributed by atoms with Crippen molar-refractivity contribution in [1.29, 1.82) is 0 Å². The number of fused-ring (bicyclic) bond motifs is 5. The van der Waals surface area contributed by atoms with Crippen molar-refractivity contribution in [3.63, 3.8) is 0 Å². The number of hydrogen-bond acceptors (Lipinski definition) is 2. The van der Waals surface area contributed by atoms with E-state index in [1.165, 1.54) is 15.5 Å². The molecule has 1 N–H and O–H groups in total. The van der Waals surface area contributed by atoms with Crippen molar-refractivity contribution in [2.75, 3.05) is 0 Å². The Bertz CT molecular complexity index is 940. The molecule has 0 amide bonds. The first-order chi connectivity index (χ1) is 9.25. The summed E-state index contributed by atoms with van der Waals surface area (Å²) in [5.41, 5.74) is 0. The maximum absolute atomic E-state index is 10.2. The van der Waals surface area contributed by atoms with E-state index in [0.717, 1.165) is 19.9 Å². The van der Waals surface area contributed by atoms with E-state index in [2.05, 4.69) is 40.2 Å². The van der Waals surface area contributed by atoms with Gasteiger partial charge in [-0.25, -0.2) is 0 Å². The van der Waals surface area contributed by atoms with Crippen molar-refractivity contribution in [2.45, 2.75) is 0 Å². The van der Waals surface area contributed by atoms with Gasteiger partial charge in [-0.2, -0.15) is 0 Å². The summed E-state index contributed by atoms with van der Waals surface area (Å²) in [7, 11) is 0. The molecular weight excluding hydrogens is 320 g/mol. The van der Waals surface area contributed by atoms with Crippen molar-refractivity contribution in [1.82, 2.24) is 0 Å². The molecule has 0 saturated carbocycles. The van der Waals surface area contributed by atoms with Gasteiger partial charge in [0.15, 0.2) is 0 Å². The van der Waals surface area contributed by atoms with Crippen LogP contribution in [-0.4, -0.2) is 5.11 Å². The zero-order valence-electron chi connectivity index (χ0n) is 9.85. The fourth-order valence-electron chi connectivity index (χ4n) is 2.57. The van der Waals surface area contributed by atoms with Crippen molar-refractivity contribution in [3.05, 3.63) is 53.0 Å². The topological polar surface area (TPSA) is 20.2 Å². The van der Waals surface area contributed by atoms with E-state index in [4.69, 9.17) is 0 Å². The summed E-state index contributed by atoms with van der Waals surface area (Å²) >= 11 is 5.33. The lowest BCUT2D eigenvalue weighted by molar-refractivity contribution is 0.482. The Kier molecular flexibility index (Phi) is 2.34. The number of phenols is 1. The van der Waals surface area contributed by atoms with Crippen LogP contribution in [0.25, 0.3) is 30.9 Å².